The van der Waals surface area contributed by atoms with Gasteiger partial charge in [0.2, 0.25) is 0 Å². The maximum Gasteiger partial charge on any atom is 0.472 e. The minimum Gasteiger partial charge on any atom is -0.462 e. The van der Waals surface area contributed by atoms with Gasteiger partial charge in [0.25, 0.3) is 0 Å². The van der Waals surface area contributed by atoms with Gasteiger partial charge in [-0.15, -0.1) is 0 Å². The molecule has 0 spiro atoms. The molecule has 0 saturated heterocycles. The van der Waals surface area contributed by atoms with E-state index in [1.807, 2.05) is 0 Å². The highest BCUT2D eigenvalue weighted by Crippen LogP contribution is 2.43. The lowest BCUT2D eigenvalue weighted by molar-refractivity contribution is -0.161. The molecule has 0 aromatic heterocycles. The van der Waals surface area contributed by atoms with E-state index in [2.05, 4.69) is 172 Å². The fraction of sp³-hybridized carbons (Fsp3) is 0.646. The molecule has 0 bridgehead atoms. The third-order valence-corrected chi connectivity index (χ3v) is 15.9. The third-order valence-electron chi connectivity index (χ3n) is 14.9. The van der Waals surface area contributed by atoms with Crippen molar-refractivity contribution < 1.29 is 37.6 Å². The van der Waals surface area contributed by atoms with Crippen LogP contribution in [0.2, 0.25) is 0 Å². The van der Waals surface area contributed by atoms with Gasteiger partial charge >= 0.3 is 19.8 Å². The van der Waals surface area contributed by atoms with E-state index in [0.717, 1.165) is 122 Å². The maximum absolute atomic E-state index is 12.8. The van der Waals surface area contributed by atoms with Crippen LogP contribution in [0.3, 0.4) is 0 Å². The second kappa shape index (κ2) is 72.7. The van der Waals surface area contributed by atoms with Crippen LogP contribution in [0.5, 0.6) is 0 Å². The van der Waals surface area contributed by atoms with Gasteiger partial charge in [0, 0.05) is 19.4 Å². The summed E-state index contributed by atoms with van der Waals surface area (Å²) in [6, 6.07) is 0. The molecule has 0 fully saturated rings. The summed E-state index contributed by atoms with van der Waals surface area (Å²) in [4.78, 5) is 35.4. The van der Waals surface area contributed by atoms with Crippen molar-refractivity contribution >= 4 is 19.8 Å². The molecule has 0 aliphatic carbocycles. The lowest BCUT2D eigenvalue weighted by Gasteiger charge is -2.19. The lowest BCUT2D eigenvalue weighted by Crippen LogP contribution is -2.29. The van der Waals surface area contributed by atoms with Gasteiger partial charge in [-0.2, -0.15) is 0 Å². The SMILES string of the molecule is CC/C=C\C/C=C\C/C=C\C/C=C\C/C=C\C/C=C\C/C=C\C/C=C\C/C=C\C/C=C\CCCCCCCCCCCCC(=O)OC(COC(=O)CCCCCCCCCCCCCC/C=C\C/C=C\C/C=C\CCCCCCC)COP(=O)(O)OCCN. The molecule has 506 valence electrons. The van der Waals surface area contributed by atoms with Crippen molar-refractivity contribution in [2.75, 3.05) is 26.4 Å². The number of allylic oxidation sites excluding steroid dienone is 26. The molecule has 0 aliphatic heterocycles. The Kier molecular flexibility index (Phi) is 69.1. The summed E-state index contributed by atoms with van der Waals surface area (Å²) < 4.78 is 33.2. The number of phosphoric acid groups is 1. The van der Waals surface area contributed by atoms with Crippen LogP contribution >= 0.6 is 7.82 Å². The molecule has 0 heterocycles. The molecular weight excluding hydrogens is 1120 g/mol. The summed E-state index contributed by atoms with van der Waals surface area (Å²) in [6.45, 7) is 3.62. The smallest absolute Gasteiger partial charge is 0.462 e. The first-order valence-corrected chi connectivity index (χ1v) is 37.5. The van der Waals surface area contributed by atoms with Crippen LogP contribution in [-0.4, -0.2) is 49.3 Å². The number of unbranched alkanes of at least 4 members (excludes halogenated alkanes) is 27. The number of esters is 2. The Morgan fingerprint density at radius 3 is 0.921 bits per heavy atom. The summed E-state index contributed by atoms with van der Waals surface area (Å²) in [6.07, 6.45) is 106. The van der Waals surface area contributed by atoms with Gasteiger partial charge in [-0.25, -0.2) is 4.57 Å². The molecule has 2 unspecified atom stereocenters. The quantitative estimate of drug-likeness (QED) is 0.0264. The molecule has 0 aliphatic rings. The van der Waals surface area contributed by atoms with E-state index < -0.39 is 26.5 Å². The van der Waals surface area contributed by atoms with Crippen LogP contribution in [0.25, 0.3) is 0 Å². The van der Waals surface area contributed by atoms with E-state index in [1.54, 1.807) is 0 Å². The van der Waals surface area contributed by atoms with Crippen LogP contribution in [0, 0.1) is 0 Å². The maximum atomic E-state index is 12.8. The number of hydrogen-bond donors (Lipinski definition) is 2. The average molecular weight is 1250 g/mol. The molecule has 0 radical (unpaired) electrons. The Bertz CT molecular complexity index is 2020. The molecule has 89 heavy (non-hydrogen) atoms. The predicted molar refractivity (Wildman–Crippen MR) is 385 cm³/mol. The Labute approximate surface area is 547 Å². The van der Waals surface area contributed by atoms with Crippen LogP contribution in [-0.2, 0) is 32.7 Å². The fourth-order valence-corrected chi connectivity index (χ4v) is 10.4. The standard InChI is InChI=1S/C79H132NO8P/c1-3-5-7-9-11-13-15-17-19-21-23-25-27-29-31-32-33-34-35-36-37-38-39-40-41-42-43-44-46-48-50-52-54-56-58-60-62-64-66-68-70-72-79(82)88-77(76-87-89(83,84)86-74-73-80)75-85-78(81)71-69-67-65-63-61-59-57-55-53-51-49-47-45-30-28-26-24-22-20-18-16-14-12-10-8-6-4-2/h5,7,11,13,16-19,22-25,28-31,33-34,36-37,39-40,42-43,46,48,77H,3-4,6,8-10,12,14-15,20-21,26-27,32,35,38,41,44-45,47,49-76,80H2,1-2H3,(H,83,84)/b7-5-,13-11-,18-16-,19-17-,24-22-,25-23-,30-28-,31-29-,34-33-,37-36-,40-39-,43-42-,48-46-. The van der Waals surface area contributed by atoms with Gasteiger partial charge in [-0.3, -0.25) is 18.6 Å². The second-order valence-corrected chi connectivity index (χ2v) is 24.8. The molecule has 0 amide bonds. The van der Waals surface area contributed by atoms with Gasteiger partial charge in [0.1, 0.15) is 6.61 Å². The first kappa shape index (κ1) is 84.6. The monoisotopic (exact) mass is 1250 g/mol. The highest BCUT2D eigenvalue weighted by Gasteiger charge is 2.26. The first-order chi connectivity index (χ1) is 43.8. The number of ether oxygens (including phenoxy) is 2. The van der Waals surface area contributed by atoms with Crippen LogP contribution < -0.4 is 5.73 Å². The zero-order chi connectivity index (χ0) is 64.4. The molecule has 2 atom stereocenters. The van der Waals surface area contributed by atoms with E-state index in [-0.39, 0.29) is 38.6 Å². The summed E-state index contributed by atoms with van der Waals surface area (Å²) in [5, 5.41) is 0. The number of carbonyl (C=O) groups is 2. The molecule has 10 heteroatoms. The number of rotatable bonds is 66. The second-order valence-electron chi connectivity index (χ2n) is 23.4. The Morgan fingerprint density at radius 1 is 0.348 bits per heavy atom. The van der Waals surface area contributed by atoms with Crippen LogP contribution in [0.1, 0.15) is 296 Å². The minimum atomic E-state index is -4.41. The Hall–Kier alpha value is -4.37. The summed E-state index contributed by atoms with van der Waals surface area (Å²) in [5.41, 5.74) is 5.40. The van der Waals surface area contributed by atoms with Crippen molar-refractivity contribution in [3.63, 3.8) is 0 Å². The van der Waals surface area contributed by atoms with E-state index in [4.69, 9.17) is 24.3 Å². The molecule has 9 nitrogen and oxygen atoms in total. The summed E-state index contributed by atoms with van der Waals surface area (Å²) in [5.74, 6) is -0.837. The Morgan fingerprint density at radius 2 is 0.618 bits per heavy atom. The van der Waals surface area contributed by atoms with Crippen molar-refractivity contribution in [1.29, 1.82) is 0 Å². The van der Waals surface area contributed by atoms with E-state index in [0.29, 0.717) is 6.42 Å². The minimum absolute atomic E-state index is 0.0458. The van der Waals surface area contributed by atoms with Crippen molar-refractivity contribution in [2.45, 2.75) is 302 Å². The molecule has 0 aromatic rings. The topological polar surface area (TPSA) is 134 Å². The van der Waals surface area contributed by atoms with Gasteiger partial charge in [-0.1, -0.05) is 313 Å². The molecule has 0 rings (SSSR count). The van der Waals surface area contributed by atoms with Crippen molar-refractivity contribution in [2.24, 2.45) is 5.73 Å². The van der Waals surface area contributed by atoms with E-state index in [9.17, 15) is 19.0 Å². The molecule has 0 aromatic carbocycles. The first-order valence-electron chi connectivity index (χ1n) is 36.0. The number of carbonyl (C=O) groups excluding carboxylic acids is 2. The number of nitrogens with two attached hydrogens (primary N) is 1. The third kappa shape index (κ3) is 72.6. The van der Waals surface area contributed by atoms with Crippen molar-refractivity contribution in [3.8, 4) is 0 Å². The highest BCUT2D eigenvalue weighted by atomic mass is 31.2. The van der Waals surface area contributed by atoms with E-state index in [1.165, 1.54) is 141 Å². The predicted octanol–water partition coefficient (Wildman–Crippen LogP) is 24.0. The normalized spacial score (nSPS) is 13.9. The zero-order valence-electron chi connectivity index (χ0n) is 56.9. The van der Waals surface area contributed by atoms with Crippen molar-refractivity contribution in [3.05, 3.63) is 158 Å². The van der Waals surface area contributed by atoms with Crippen LogP contribution in [0.15, 0.2) is 158 Å². The zero-order valence-corrected chi connectivity index (χ0v) is 57.8. The van der Waals surface area contributed by atoms with Gasteiger partial charge < -0.3 is 20.1 Å². The van der Waals surface area contributed by atoms with Gasteiger partial charge in [0.05, 0.1) is 13.2 Å². The molecule has 3 N–H and O–H groups in total. The largest absolute Gasteiger partial charge is 0.472 e. The molecular formula is C79H132NO8P. The average Bonchev–Trinajstić information content (AvgIpc) is 3.58. The number of hydrogen-bond acceptors (Lipinski definition) is 8. The van der Waals surface area contributed by atoms with Crippen molar-refractivity contribution in [1.82, 2.24) is 0 Å². The summed E-state index contributed by atoms with van der Waals surface area (Å²) >= 11 is 0. The van der Waals surface area contributed by atoms with E-state index >= 15 is 0 Å². The molecule has 0 saturated carbocycles. The Balaban J connectivity index is 3.95. The fourth-order valence-electron chi connectivity index (χ4n) is 9.61. The number of phosphoric ester groups is 1. The van der Waals surface area contributed by atoms with Crippen LogP contribution in [0.4, 0.5) is 0 Å². The lowest BCUT2D eigenvalue weighted by atomic mass is 10.0. The van der Waals surface area contributed by atoms with Gasteiger partial charge in [-0.05, 0) is 128 Å². The summed E-state index contributed by atoms with van der Waals surface area (Å²) in [7, 11) is -4.41. The van der Waals surface area contributed by atoms with Gasteiger partial charge in [0.15, 0.2) is 6.10 Å². The highest BCUT2D eigenvalue weighted by molar-refractivity contribution is 7.47.